The molecule has 3 heterocycles. The average Bonchev–Trinajstić information content (AvgIpc) is 3.51. The number of anilines is 2. The Morgan fingerprint density at radius 2 is 1.97 bits per heavy atom. The number of ether oxygens (including phenoxy) is 1. The molecule has 6 nitrogen and oxygen atoms in total. The van der Waals surface area contributed by atoms with Crippen LogP contribution in [0.4, 0.5) is 11.4 Å². The Balaban J connectivity index is 1.24. The molecule has 1 saturated heterocycles. The van der Waals surface area contributed by atoms with E-state index in [0.717, 1.165) is 65.2 Å². The molecular weight excluding hydrogens is 432 g/mol. The Bertz CT molecular complexity index is 1470. The third-order valence-corrected chi connectivity index (χ3v) is 6.88. The van der Waals surface area contributed by atoms with Crippen LogP contribution in [0.2, 0.25) is 0 Å². The van der Waals surface area contributed by atoms with Crippen LogP contribution in [0.1, 0.15) is 10.4 Å². The summed E-state index contributed by atoms with van der Waals surface area (Å²) in [4.78, 5) is 23.0. The normalized spacial score (nSPS) is 14.1. The summed E-state index contributed by atoms with van der Waals surface area (Å²) in [5.74, 6) is -0.129. The Kier molecular flexibility index (Phi) is 5.05. The zero-order valence-corrected chi connectivity index (χ0v) is 18.7. The van der Waals surface area contributed by atoms with E-state index in [9.17, 15) is 4.79 Å². The van der Waals surface area contributed by atoms with Crippen molar-refractivity contribution in [3.63, 3.8) is 0 Å². The van der Waals surface area contributed by atoms with E-state index in [4.69, 9.17) is 4.74 Å². The molecule has 0 unspecified atom stereocenters. The molecule has 1 aliphatic rings. The van der Waals surface area contributed by atoms with Crippen molar-refractivity contribution in [2.45, 2.75) is 0 Å². The summed E-state index contributed by atoms with van der Waals surface area (Å²) >= 11 is 1.64. The molecule has 1 aliphatic heterocycles. The van der Waals surface area contributed by atoms with Gasteiger partial charge in [0, 0.05) is 52.7 Å². The second-order valence-electron chi connectivity index (χ2n) is 8.10. The van der Waals surface area contributed by atoms with E-state index in [1.807, 2.05) is 48.1 Å². The van der Waals surface area contributed by atoms with E-state index in [0.29, 0.717) is 5.56 Å². The van der Waals surface area contributed by atoms with E-state index in [2.05, 4.69) is 44.5 Å². The number of rotatable bonds is 4. The molecule has 33 heavy (non-hydrogen) atoms. The van der Waals surface area contributed by atoms with Crippen LogP contribution in [0.15, 0.2) is 72.4 Å². The highest BCUT2D eigenvalue weighted by Gasteiger charge is 2.14. The smallest absolute Gasteiger partial charge is 0.255 e. The highest BCUT2D eigenvalue weighted by Crippen LogP contribution is 2.32. The van der Waals surface area contributed by atoms with Crippen molar-refractivity contribution in [3.8, 4) is 11.1 Å². The number of benzene rings is 3. The Labute approximate surface area is 194 Å². The first-order valence-electron chi connectivity index (χ1n) is 10.9. The molecule has 7 heteroatoms. The maximum absolute atomic E-state index is 13.0. The summed E-state index contributed by atoms with van der Waals surface area (Å²) in [6.45, 7) is 3.18. The van der Waals surface area contributed by atoms with Gasteiger partial charge in [0.25, 0.3) is 5.91 Å². The zero-order valence-electron chi connectivity index (χ0n) is 17.9. The molecule has 0 aliphatic carbocycles. The van der Waals surface area contributed by atoms with Crippen molar-refractivity contribution in [1.29, 1.82) is 0 Å². The van der Waals surface area contributed by atoms with Crippen molar-refractivity contribution in [2.75, 3.05) is 36.5 Å². The van der Waals surface area contributed by atoms with Gasteiger partial charge in [-0.25, -0.2) is 4.98 Å². The van der Waals surface area contributed by atoms with Crippen molar-refractivity contribution in [1.82, 2.24) is 9.97 Å². The lowest BCUT2D eigenvalue weighted by Crippen LogP contribution is -2.36. The number of carbonyl (C=O) groups is 1. The Morgan fingerprint density at radius 3 is 2.88 bits per heavy atom. The number of fused-ring (bicyclic) bond motifs is 2. The van der Waals surface area contributed by atoms with Gasteiger partial charge in [0.1, 0.15) is 0 Å². The monoisotopic (exact) mass is 454 g/mol. The third-order valence-electron chi connectivity index (χ3n) is 6.07. The summed E-state index contributed by atoms with van der Waals surface area (Å²) in [5.41, 5.74) is 8.50. The largest absolute Gasteiger partial charge is 0.378 e. The van der Waals surface area contributed by atoms with Gasteiger partial charge in [-0.2, -0.15) is 0 Å². The van der Waals surface area contributed by atoms with Gasteiger partial charge in [0.2, 0.25) is 0 Å². The highest BCUT2D eigenvalue weighted by molar-refractivity contribution is 7.16. The van der Waals surface area contributed by atoms with Crippen molar-refractivity contribution >= 4 is 49.7 Å². The maximum Gasteiger partial charge on any atom is 0.255 e. The van der Waals surface area contributed by atoms with Gasteiger partial charge in [0.05, 0.1) is 28.9 Å². The fourth-order valence-electron chi connectivity index (χ4n) is 4.34. The number of H-pyrrole nitrogens is 1. The molecule has 2 aromatic heterocycles. The molecule has 0 radical (unpaired) electrons. The van der Waals surface area contributed by atoms with E-state index in [1.54, 1.807) is 11.3 Å². The lowest BCUT2D eigenvalue weighted by molar-refractivity contribution is 0.102. The summed E-state index contributed by atoms with van der Waals surface area (Å²) in [6, 6.07) is 20.1. The highest BCUT2D eigenvalue weighted by atomic mass is 32.1. The Morgan fingerprint density at radius 1 is 1.06 bits per heavy atom. The SMILES string of the molecule is O=C(Nc1cccc(N2CCOCC2)c1)c1ccc2c(-c3ccc4scnc4c3)c[nH]c2c1. The second-order valence-corrected chi connectivity index (χ2v) is 8.99. The van der Waals surface area contributed by atoms with Gasteiger partial charge in [0.15, 0.2) is 0 Å². The summed E-state index contributed by atoms with van der Waals surface area (Å²) in [7, 11) is 0. The lowest BCUT2D eigenvalue weighted by atomic mass is 10.0. The van der Waals surface area contributed by atoms with Crippen LogP contribution in [-0.4, -0.2) is 42.2 Å². The first-order valence-corrected chi connectivity index (χ1v) is 11.8. The minimum atomic E-state index is -0.129. The van der Waals surface area contributed by atoms with Crippen molar-refractivity contribution in [2.24, 2.45) is 0 Å². The van der Waals surface area contributed by atoms with Gasteiger partial charge in [-0.1, -0.05) is 18.2 Å². The molecule has 6 rings (SSSR count). The molecule has 2 N–H and O–H groups in total. The first-order chi connectivity index (χ1) is 16.2. The van der Waals surface area contributed by atoms with Gasteiger partial charge in [-0.05, 0) is 48.0 Å². The topological polar surface area (TPSA) is 70.2 Å². The molecule has 0 saturated carbocycles. The van der Waals surface area contributed by atoms with Gasteiger partial charge in [-0.15, -0.1) is 11.3 Å². The van der Waals surface area contributed by atoms with Crippen LogP contribution >= 0.6 is 11.3 Å². The molecular formula is C26H22N4O2S. The molecule has 0 spiro atoms. The first kappa shape index (κ1) is 20.0. The minimum Gasteiger partial charge on any atom is -0.378 e. The van der Waals surface area contributed by atoms with Gasteiger partial charge >= 0.3 is 0 Å². The van der Waals surface area contributed by atoms with Gasteiger partial charge < -0.3 is 19.9 Å². The molecule has 5 aromatic rings. The van der Waals surface area contributed by atoms with Crippen LogP contribution in [0.25, 0.3) is 32.2 Å². The number of nitrogens with one attached hydrogen (secondary N) is 2. The number of carbonyl (C=O) groups excluding carboxylic acids is 1. The van der Waals surface area contributed by atoms with Gasteiger partial charge in [-0.3, -0.25) is 4.79 Å². The van der Waals surface area contributed by atoms with Crippen molar-refractivity contribution in [3.05, 3.63) is 77.9 Å². The molecule has 164 valence electrons. The van der Waals surface area contributed by atoms with Crippen molar-refractivity contribution < 1.29 is 9.53 Å². The summed E-state index contributed by atoms with van der Waals surface area (Å²) in [5, 5.41) is 4.12. The third kappa shape index (κ3) is 3.86. The lowest BCUT2D eigenvalue weighted by Gasteiger charge is -2.29. The van der Waals surface area contributed by atoms with Crippen LogP contribution in [-0.2, 0) is 4.74 Å². The fraction of sp³-hybridized carbons (Fsp3) is 0.154. The van der Waals surface area contributed by atoms with Crippen LogP contribution < -0.4 is 10.2 Å². The van der Waals surface area contributed by atoms with E-state index in [1.165, 1.54) is 4.70 Å². The van der Waals surface area contributed by atoms with Crippen LogP contribution in [0.5, 0.6) is 0 Å². The fourth-order valence-corrected chi connectivity index (χ4v) is 5.00. The number of hydrogen-bond donors (Lipinski definition) is 2. The minimum absolute atomic E-state index is 0.129. The Hall–Kier alpha value is -3.68. The van der Waals surface area contributed by atoms with Crippen LogP contribution in [0.3, 0.4) is 0 Å². The summed E-state index contributed by atoms with van der Waals surface area (Å²) in [6.07, 6.45) is 1.99. The van der Waals surface area contributed by atoms with E-state index in [-0.39, 0.29) is 5.91 Å². The molecule has 0 bridgehead atoms. The predicted octanol–water partition coefficient (Wildman–Crippen LogP) is 5.53. The number of aromatic nitrogens is 2. The van der Waals surface area contributed by atoms with E-state index >= 15 is 0 Å². The van der Waals surface area contributed by atoms with E-state index < -0.39 is 0 Å². The molecule has 3 aromatic carbocycles. The number of morpholine rings is 1. The number of thiazole rings is 1. The predicted molar refractivity (Wildman–Crippen MR) is 134 cm³/mol. The van der Waals surface area contributed by atoms with Crippen LogP contribution in [0, 0.1) is 0 Å². The number of hydrogen-bond acceptors (Lipinski definition) is 5. The maximum atomic E-state index is 13.0. The standard InChI is InChI=1S/C26H22N4O2S/c31-26(29-19-2-1-3-20(14-19)30-8-10-32-11-9-30)18-4-6-21-22(15-27-23(21)13-18)17-5-7-25-24(12-17)28-16-33-25/h1-7,12-16,27H,8-11H2,(H,29,31). The number of amides is 1. The number of nitrogens with zero attached hydrogens (tertiary/aromatic N) is 2. The molecule has 1 amide bonds. The number of aromatic amines is 1. The second kappa shape index (κ2) is 8.35. The average molecular weight is 455 g/mol. The molecule has 0 atom stereocenters. The molecule has 1 fully saturated rings. The zero-order chi connectivity index (χ0) is 22.2. The quantitative estimate of drug-likeness (QED) is 0.374. The summed E-state index contributed by atoms with van der Waals surface area (Å²) < 4.78 is 6.61.